The van der Waals surface area contributed by atoms with Crippen LogP contribution >= 0.6 is 23.5 Å². The first kappa shape index (κ1) is 14.4. The largest absolute Gasteiger partial charge is 0.490 e. The van der Waals surface area contributed by atoms with Gasteiger partial charge in [-0.15, -0.1) is 0 Å². The van der Waals surface area contributed by atoms with Crippen LogP contribution in [0.15, 0.2) is 0 Å². The first-order chi connectivity index (χ1) is 5.97. The lowest BCUT2D eigenvalue weighted by molar-refractivity contribution is 0.191. The van der Waals surface area contributed by atoms with Gasteiger partial charge in [0.05, 0.1) is 0 Å². The van der Waals surface area contributed by atoms with Gasteiger partial charge in [0.15, 0.2) is 0 Å². The van der Waals surface area contributed by atoms with Crippen LogP contribution in [-0.4, -0.2) is 26.7 Å². The van der Waals surface area contributed by atoms with Crippen LogP contribution < -0.4 is 0 Å². The first-order valence-corrected chi connectivity index (χ1v) is 7.19. The Morgan fingerprint density at radius 2 is 1.29 bits per heavy atom. The summed E-state index contributed by atoms with van der Waals surface area (Å²) in [6.45, 7) is 0. The van der Waals surface area contributed by atoms with E-state index < -0.39 is 23.5 Å². The molecule has 10 nitrogen and oxygen atoms in total. The molecule has 13 heteroatoms. The molecule has 0 saturated heterocycles. The zero-order chi connectivity index (χ0) is 11.6. The predicted octanol–water partition coefficient (Wildman–Crippen LogP) is -0.0405. The van der Waals surface area contributed by atoms with Crippen LogP contribution in [0.5, 0.6) is 0 Å². The zero-order valence-corrected chi connectivity index (χ0v) is 9.26. The van der Waals surface area contributed by atoms with Crippen LogP contribution in [0.3, 0.4) is 0 Å². The Bertz CT molecular complexity index is 324. The molecule has 0 aliphatic carbocycles. The lowest BCUT2D eigenvalue weighted by Crippen LogP contribution is -1.93. The van der Waals surface area contributed by atoms with Gasteiger partial charge in [0.25, 0.3) is 0 Å². The van der Waals surface area contributed by atoms with E-state index in [0.29, 0.717) is 7.11 Å². The standard InChI is InChI=1S/CH7O10P3/c1-9-13(5,6)11-14(7,8)10-12(2,3)4/h1H3,(H,5,6)(H,7,8)(H2,2,3,4). The van der Waals surface area contributed by atoms with Crippen LogP contribution in [0, 0.1) is 0 Å². The first-order valence-electron chi connectivity index (χ1n) is 2.67. The molecule has 0 amide bonds. The second kappa shape index (κ2) is 4.51. The second-order valence-electron chi connectivity index (χ2n) is 1.77. The summed E-state index contributed by atoms with van der Waals surface area (Å²) in [4.78, 5) is 33.2. The van der Waals surface area contributed by atoms with Crippen molar-refractivity contribution in [1.29, 1.82) is 0 Å². The SMILES string of the molecule is COP(=O)(O)OP(=O)(O)OP(=O)(O)O. The lowest BCUT2D eigenvalue weighted by atomic mass is 11.8. The summed E-state index contributed by atoms with van der Waals surface area (Å²) in [6.07, 6.45) is 0. The molecule has 0 aliphatic rings. The van der Waals surface area contributed by atoms with Gasteiger partial charge >= 0.3 is 23.5 Å². The summed E-state index contributed by atoms with van der Waals surface area (Å²) >= 11 is 0. The number of phosphoric acid groups is 3. The Morgan fingerprint density at radius 3 is 1.57 bits per heavy atom. The van der Waals surface area contributed by atoms with E-state index in [9.17, 15) is 13.7 Å². The third-order valence-electron chi connectivity index (χ3n) is 0.647. The molecular formula is CH7O10P3. The van der Waals surface area contributed by atoms with E-state index >= 15 is 0 Å². The molecule has 2 atom stereocenters. The highest BCUT2D eigenvalue weighted by molar-refractivity contribution is 7.66. The molecule has 4 N–H and O–H groups in total. The summed E-state index contributed by atoms with van der Waals surface area (Å²) < 4.78 is 41.6. The fourth-order valence-electron chi connectivity index (χ4n) is 0.313. The highest BCUT2D eigenvalue weighted by Crippen LogP contribution is 2.65. The quantitative estimate of drug-likeness (QED) is 0.499. The maximum absolute atomic E-state index is 10.6. The van der Waals surface area contributed by atoms with Gasteiger partial charge in [-0.2, -0.15) is 8.62 Å². The molecule has 0 bridgehead atoms. The van der Waals surface area contributed by atoms with E-state index in [1.54, 1.807) is 0 Å². The van der Waals surface area contributed by atoms with Crippen molar-refractivity contribution < 1.29 is 46.4 Å². The van der Waals surface area contributed by atoms with E-state index in [0.717, 1.165) is 0 Å². The highest BCUT2D eigenvalue weighted by Gasteiger charge is 2.39. The molecule has 0 heterocycles. The van der Waals surface area contributed by atoms with Gasteiger partial charge in [-0.1, -0.05) is 0 Å². The normalized spacial score (nSPS) is 21.2. The van der Waals surface area contributed by atoms with Crippen LogP contribution in [0.4, 0.5) is 0 Å². The molecular weight excluding hydrogens is 265 g/mol. The third kappa shape index (κ3) is 6.80. The van der Waals surface area contributed by atoms with Crippen molar-refractivity contribution in [2.24, 2.45) is 0 Å². The van der Waals surface area contributed by atoms with Gasteiger partial charge in [0, 0.05) is 7.11 Å². The minimum atomic E-state index is -5.35. The molecule has 2 unspecified atom stereocenters. The maximum atomic E-state index is 10.6. The van der Waals surface area contributed by atoms with Crippen molar-refractivity contribution in [2.45, 2.75) is 0 Å². The molecule has 0 aromatic carbocycles. The highest BCUT2D eigenvalue weighted by atomic mass is 31.3. The van der Waals surface area contributed by atoms with Crippen LogP contribution in [-0.2, 0) is 26.8 Å². The number of hydrogen-bond donors (Lipinski definition) is 4. The molecule has 0 aliphatic heterocycles. The summed E-state index contributed by atoms with van der Waals surface area (Å²) in [5.41, 5.74) is 0. The Morgan fingerprint density at radius 1 is 0.857 bits per heavy atom. The minimum Gasteiger partial charge on any atom is -0.302 e. The van der Waals surface area contributed by atoms with E-state index in [4.69, 9.17) is 19.6 Å². The fraction of sp³-hybridized carbons (Fsp3) is 1.00. The van der Waals surface area contributed by atoms with Gasteiger partial charge < -0.3 is 19.6 Å². The molecule has 0 rings (SSSR count). The van der Waals surface area contributed by atoms with Gasteiger partial charge in [0.2, 0.25) is 0 Å². The van der Waals surface area contributed by atoms with E-state index in [1.807, 2.05) is 0 Å². The Labute approximate surface area is 77.9 Å². The molecule has 14 heavy (non-hydrogen) atoms. The molecule has 86 valence electrons. The number of rotatable bonds is 5. The molecule has 0 aromatic rings. The molecule has 0 fully saturated rings. The summed E-state index contributed by atoms with van der Waals surface area (Å²) in [5, 5.41) is 0. The topological polar surface area (TPSA) is 160 Å². The Hall–Kier alpha value is 0.410. The van der Waals surface area contributed by atoms with Gasteiger partial charge in [0.1, 0.15) is 0 Å². The number of phosphoric ester groups is 1. The van der Waals surface area contributed by atoms with Crippen LogP contribution in [0.25, 0.3) is 0 Å². The summed E-state index contributed by atoms with van der Waals surface area (Å²) in [6, 6.07) is 0. The number of hydrogen-bond acceptors (Lipinski definition) is 6. The van der Waals surface area contributed by atoms with Crippen molar-refractivity contribution in [3.05, 3.63) is 0 Å². The van der Waals surface area contributed by atoms with E-state index in [2.05, 4.69) is 13.1 Å². The van der Waals surface area contributed by atoms with Crippen molar-refractivity contribution in [2.75, 3.05) is 7.11 Å². The molecule has 0 saturated carbocycles. The van der Waals surface area contributed by atoms with Crippen molar-refractivity contribution in [3.63, 3.8) is 0 Å². The van der Waals surface area contributed by atoms with E-state index in [1.165, 1.54) is 0 Å². The predicted molar refractivity (Wildman–Crippen MR) is 40.9 cm³/mol. The van der Waals surface area contributed by atoms with Crippen molar-refractivity contribution in [1.82, 2.24) is 0 Å². The van der Waals surface area contributed by atoms with Gasteiger partial charge in [-0.3, -0.25) is 4.52 Å². The molecule has 0 radical (unpaired) electrons. The van der Waals surface area contributed by atoms with Crippen LogP contribution in [0.1, 0.15) is 0 Å². The zero-order valence-electron chi connectivity index (χ0n) is 6.58. The second-order valence-corrected chi connectivity index (χ2v) is 6.30. The van der Waals surface area contributed by atoms with Gasteiger partial charge in [-0.25, -0.2) is 13.7 Å². The summed E-state index contributed by atoms with van der Waals surface area (Å²) in [7, 11) is -14.8. The fourth-order valence-corrected chi connectivity index (χ4v) is 3.09. The lowest BCUT2D eigenvalue weighted by Gasteiger charge is -2.14. The molecule has 0 spiro atoms. The Balaban J connectivity index is 4.60. The third-order valence-corrected chi connectivity index (χ3v) is 4.44. The van der Waals surface area contributed by atoms with E-state index in [-0.39, 0.29) is 0 Å². The minimum absolute atomic E-state index is 0.679. The van der Waals surface area contributed by atoms with Gasteiger partial charge in [-0.05, 0) is 0 Å². The van der Waals surface area contributed by atoms with Crippen molar-refractivity contribution >= 4 is 23.5 Å². The van der Waals surface area contributed by atoms with Crippen LogP contribution in [0.2, 0.25) is 0 Å². The average Bonchev–Trinajstić information content (AvgIpc) is 1.78. The smallest absolute Gasteiger partial charge is 0.302 e. The molecule has 0 aromatic heterocycles. The monoisotopic (exact) mass is 272 g/mol. The maximum Gasteiger partial charge on any atom is 0.490 e. The average molecular weight is 272 g/mol. The summed E-state index contributed by atoms with van der Waals surface area (Å²) in [5.74, 6) is 0. The Kier molecular flexibility index (Phi) is 4.64. The van der Waals surface area contributed by atoms with Crippen molar-refractivity contribution in [3.8, 4) is 0 Å².